The number of carbonyl (C=O) groups excluding carboxylic acids is 1. The van der Waals surface area contributed by atoms with Crippen LogP contribution in [0.15, 0.2) is 23.1 Å². The predicted molar refractivity (Wildman–Crippen MR) is 98.9 cm³/mol. The molecule has 0 aliphatic carbocycles. The summed E-state index contributed by atoms with van der Waals surface area (Å²) in [4.78, 5) is 14.5. The monoisotopic (exact) mass is 351 g/mol. The summed E-state index contributed by atoms with van der Waals surface area (Å²) in [6.45, 7) is 7.29. The summed E-state index contributed by atoms with van der Waals surface area (Å²) in [7, 11) is 1.61. The highest BCUT2D eigenvalue weighted by Gasteiger charge is 2.30. The standard InChI is InChI=1S/C17H21NO3S2/c1-5-18-16(19)15(23-17(18)22)9-12-6-7-13(20-4)14(8-12)21-10-11(2)3/h6-9,11H,5,10H2,1-4H3/b15-9+. The molecule has 1 aliphatic rings. The van der Waals surface area contributed by atoms with Crippen LogP contribution in [0.1, 0.15) is 26.3 Å². The predicted octanol–water partition coefficient (Wildman–Crippen LogP) is 3.95. The zero-order chi connectivity index (χ0) is 17.0. The first kappa shape index (κ1) is 17.8. The van der Waals surface area contributed by atoms with Gasteiger partial charge in [-0.15, -0.1) is 0 Å². The maximum Gasteiger partial charge on any atom is 0.266 e. The molecule has 1 aromatic carbocycles. The number of amides is 1. The molecule has 0 saturated carbocycles. The van der Waals surface area contributed by atoms with E-state index in [0.29, 0.717) is 39.8 Å². The van der Waals surface area contributed by atoms with Crippen molar-refractivity contribution < 1.29 is 14.3 Å². The molecule has 0 unspecified atom stereocenters. The Morgan fingerprint density at radius 2 is 2.09 bits per heavy atom. The normalized spacial score (nSPS) is 16.6. The van der Waals surface area contributed by atoms with E-state index in [9.17, 15) is 4.79 Å². The Balaban J connectivity index is 2.26. The Kier molecular flexibility index (Phi) is 6.07. The van der Waals surface area contributed by atoms with E-state index in [2.05, 4.69) is 13.8 Å². The minimum absolute atomic E-state index is 0.0389. The molecule has 0 radical (unpaired) electrons. The van der Waals surface area contributed by atoms with E-state index < -0.39 is 0 Å². The number of benzene rings is 1. The molecule has 4 nitrogen and oxygen atoms in total. The number of rotatable bonds is 6. The lowest BCUT2D eigenvalue weighted by atomic mass is 10.1. The molecule has 0 bridgehead atoms. The molecule has 1 aliphatic heterocycles. The van der Waals surface area contributed by atoms with Crippen LogP contribution in [0.4, 0.5) is 0 Å². The number of carbonyl (C=O) groups is 1. The molecule has 23 heavy (non-hydrogen) atoms. The summed E-state index contributed by atoms with van der Waals surface area (Å²) in [5.74, 6) is 1.75. The highest BCUT2D eigenvalue weighted by atomic mass is 32.2. The van der Waals surface area contributed by atoms with E-state index >= 15 is 0 Å². The number of thioether (sulfide) groups is 1. The lowest BCUT2D eigenvalue weighted by Crippen LogP contribution is -2.27. The van der Waals surface area contributed by atoms with Gasteiger partial charge in [0, 0.05) is 6.54 Å². The SMILES string of the molecule is CCN1C(=O)/C(=C\c2ccc(OC)c(OCC(C)C)c2)SC1=S. The van der Waals surface area contributed by atoms with Crippen molar-refractivity contribution >= 4 is 40.3 Å². The first-order chi connectivity index (χ1) is 11.0. The maximum absolute atomic E-state index is 12.3. The van der Waals surface area contributed by atoms with Crippen LogP contribution in [0.2, 0.25) is 0 Å². The van der Waals surface area contributed by atoms with Gasteiger partial charge in [-0.05, 0) is 36.6 Å². The summed E-state index contributed by atoms with van der Waals surface area (Å²) in [6.07, 6.45) is 1.84. The molecule has 0 aromatic heterocycles. The second-order valence-corrected chi connectivity index (χ2v) is 7.22. The van der Waals surface area contributed by atoms with Gasteiger partial charge in [0.25, 0.3) is 5.91 Å². The van der Waals surface area contributed by atoms with Gasteiger partial charge in [0.1, 0.15) is 4.32 Å². The van der Waals surface area contributed by atoms with Crippen LogP contribution < -0.4 is 9.47 Å². The molecule has 1 aromatic rings. The van der Waals surface area contributed by atoms with Crippen molar-refractivity contribution in [2.24, 2.45) is 5.92 Å². The van der Waals surface area contributed by atoms with E-state index in [1.165, 1.54) is 11.8 Å². The molecular formula is C17H21NO3S2. The average molecular weight is 351 g/mol. The van der Waals surface area contributed by atoms with Gasteiger partial charge in [-0.3, -0.25) is 9.69 Å². The van der Waals surface area contributed by atoms with Gasteiger partial charge in [0.2, 0.25) is 0 Å². The molecule has 0 spiro atoms. The Morgan fingerprint density at radius 1 is 1.35 bits per heavy atom. The van der Waals surface area contributed by atoms with Crippen LogP contribution in [0, 0.1) is 5.92 Å². The van der Waals surface area contributed by atoms with Crippen LogP contribution >= 0.6 is 24.0 Å². The number of methoxy groups -OCH3 is 1. The molecule has 1 saturated heterocycles. The smallest absolute Gasteiger partial charge is 0.266 e. The second-order valence-electron chi connectivity index (χ2n) is 5.54. The van der Waals surface area contributed by atoms with Gasteiger partial charge in [-0.1, -0.05) is 43.9 Å². The van der Waals surface area contributed by atoms with Crippen LogP contribution in [-0.4, -0.2) is 35.4 Å². The Hall–Kier alpha value is -1.53. The van der Waals surface area contributed by atoms with Crippen molar-refractivity contribution in [3.63, 3.8) is 0 Å². The van der Waals surface area contributed by atoms with Crippen molar-refractivity contribution in [1.29, 1.82) is 0 Å². The van der Waals surface area contributed by atoms with E-state index in [1.54, 1.807) is 12.0 Å². The fourth-order valence-electron chi connectivity index (χ4n) is 2.08. The van der Waals surface area contributed by atoms with Crippen molar-refractivity contribution in [2.75, 3.05) is 20.3 Å². The average Bonchev–Trinajstić information content (AvgIpc) is 2.79. The number of likely N-dealkylation sites (N-methyl/N-ethyl adjacent to an activating group) is 1. The van der Waals surface area contributed by atoms with Gasteiger partial charge in [0.15, 0.2) is 11.5 Å². The van der Waals surface area contributed by atoms with Gasteiger partial charge in [0.05, 0.1) is 18.6 Å². The molecule has 0 N–H and O–H groups in total. The number of thiocarbonyl (C=S) groups is 1. The molecular weight excluding hydrogens is 330 g/mol. The summed E-state index contributed by atoms with van der Waals surface area (Å²) < 4.78 is 11.7. The molecule has 0 atom stereocenters. The van der Waals surface area contributed by atoms with Gasteiger partial charge in [-0.25, -0.2) is 0 Å². The third-order valence-corrected chi connectivity index (χ3v) is 4.63. The van der Waals surface area contributed by atoms with Crippen LogP contribution in [0.5, 0.6) is 11.5 Å². The molecule has 1 heterocycles. The number of nitrogens with zero attached hydrogens (tertiary/aromatic N) is 1. The molecule has 1 amide bonds. The lowest BCUT2D eigenvalue weighted by molar-refractivity contribution is -0.121. The fourth-order valence-corrected chi connectivity index (χ4v) is 3.46. The van der Waals surface area contributed by atoms with Crippen molar-refractivity contribution in [3.8, 4) is 11.5 Å². The molecule has 2 rings (SSSR count). The van der Waals surface area contributed by atoms with E-state index in [0.717, 1.165) is 5.56 Å². The van der Waals surface area contributed by atoms with Crippen molar-refractivity contribution in [2.45, 2.75) is 20.8 Å². The first-order valence-corrected chi connectivity index (χ1v) is 8.75. The topological polar surface area (TPSA) is 38.8 Å². The minimum Gasteiger partial charge on any atom is -0.493 e. The molecule has 6 heteroatoms. The quantitative estimate of drug-likeness (QED) is 0.573. The summed E-state index contributed by atoms with van der Waals surface area (Å²) >= 11 is 6.56. The summed E-state index contributed by atoms with van der Waals surface area (Å²) in [5, 5.41) is 0. The second kappa shape index (κ2) is 7.84. The van der Waals surface area contributed by atoms with Crippen molar-refractivity contribution in [1.82, 2.24) is 4.90 Å². The van der Waals surface area contributed by atoms with E-state index in [4.69, 9.17) is 21.7 Å². The largest absolute Gasteiger partial charge is 0.493 e. The highest BCUT2D eigenvalue weighted by Crippen LogP contribution is 2.34. The molecule has 1 fully saturated rings. The maximum atomic E-state index is 12.3. The molecule has 124 valence electrons. The zero-order valence-corrected chi connectivity index (χ0v) is 15.4. The third kappa shape index (κ3) is 4.26. The Labute approximate surface area is 146 Å². The fraction of sp³-hybridized carbons (Fsp3) is 0.412. The third-order valence-electron chi connectivity index (χ3n) is 3.25. The van der Waals surface area contributed by atoms with Crippen LogP contribution in [0.25, 0.3) is 6.08 Å². The van der Waals surface area contributed by atoms with Crippen LogP contribution in [0.3, 0.4) is 0 Å². The van der Waals surface area contributed by atoms with E-state index in [1.807, 2.05) is 31.2 Å². The Morgan fingerprint density at radius 3 is 2.65 bits per heavy atom. The van der Waals surface area contributed by atoms with Gasteiger partial charge < -0.3 is 9.47 Å². The zero-order valence-electron chi connectivity index (χ0n) is 13.8. The van der Waals surface area contributed by atoms with E-state index in [-0.39, 0.29) is 5.91 Å². The van der Waals surface area contributed by atoms with Gasteiger partial charge >= 0.3 is 0 Å². The summed E-state index contributed by atoms with van der Waals surface area (Å²) in [5.41, 5.74) is 0.890. The number of ether oxygens (including phenoxy) is 2. The number of hydrogen-bond acceptors (Lipinski definition) is 5. The highest BCUT2D eigenvalue weighted by molar-refractivity contribution is 8.26. The van der Waals surface area contributed by atoms with Gasteiger partial charge in [-0.2, -0.15) is 0 Å². The number of hydrogen-bond donors (Lipinski definition) is 0. The summed E-state index contributed by atoms with van der Waals surface area (Å²) in [6, 6.07) is 5.64. The van der Waals surface area contributed by atoms with Crippen LogP contribution in [-0.2, 0) is 4.79 Å². The first-order valence-electron chi connectivity index (χ1n) is 7.52. The lowest BCUT2D eigenvalue weighted by Gasteiger charge is -2.13. The van der Waals surface area contributed by atoms with Crippen molar-refractivity contribution in [3.05, 3.63) is 28.7 Å². The minimum atomic E-state index is -0.0389. The Bertz CT molecular complexity index is 641.